The van der Waals surface area contributed by atoms with Crippen LogP contribution in [-0.4, -0.2) is 55.2 Å². The highest BCUT2D eigenvalue weighted by molar-refractivity contribution is 14.0. The quantitative estimate of drug-likeness (QED) is 0.327. The molecule has 6 nitrogen and oxygen atoms in total. The number of nitrogens with zero attached hydrogens (tertiary/aromatic N) is 3. The van der Waals surface area contributed by atoms with Gasteiger partial charge in [0, 0.05) is 42.1 Å². The molecule has 0 radical (unpaired) electrons. The van der Waals surface area contributed by atoms with Gasteiger partial charge in [-0.2, -0.15) is 0 Å². The van der Waals surface area contributed by atoms with Crippen LogP contribution in [0.1, 0.15) is 34.0 Å². The summed E-state index contributed by atoms with van der Waals surface area (Å²) in [7, 11) is 0. The van der Waals surface area contributed by atoms with Crippen molar-refractivity contribution in [3.8, 4) is 0 Å². The number of halogens is 1. The monoisotopic (exact) mass is 529 g/mol. The standard InChI is InChI=1S/C21H31N5OS.HI/c1-4-22-21(24-14-18-16(2)6-5-9-23-18)25-15-19(20-8-7-17(3)28-20)26-10-12-27-13-11-26;/h5-9,19H,4,10-15H2,1-3H3,(H2,22,24,25);1H. The molecule has 1 atom stereocenters. The second-order valence-electron chi connectivity index (χ2n) is 6.96. The van der Waals surface area contributed by atoms with Gasteiger partial charge in [-0.1, -0.05) is 6.07 Å². The fraction of sp³-hybridized carbons (Fsp3) is 0.524. The van der Waals surface area contributed by atoms with Gasteiger partial charge >= 0.3 is 0 Å². The molecule has 0 bridgehead atoms. The first-order valence-corrected chi connectivity index (χ1v) is 10.8. The maximum atomic E-state index is 5.55. The molecule has 160 valence electrons. The van der Waals surface area contributed by atoms with Crippen LogP contribution < -0.4 is 10.6 Å². The third kappa shape index (κ3) is 7.20. The molecule has 0 spiro atoms. The fourth-order valence-corrected chi connectivity index (χ4v) is 4.32. The Labute approximate surface area is 195 Å². The lowest BCUT2D eigenvalue weighted by Gasteiger charge is -2.34. The Morgan fingerprint density at radius 2 is 2.03 bits per heavy atom. The molecule has 3 heterocycles. The molecular weight excluding hydrogens is 497 g/mol. The molecule has 1 saturated heterocycles. The van der Waals surface area contributed by atoms with Gasteiger partial charge in [-0.25, -0.2) is 4.99 Å². The number of guanidine groups is 1. The maximum absolute atomic E-state index is 5.55. The van der Waals surface area contributed by atoms with Crippen molar-refractivity contribution in [1.82, 2.24) is 20.5 Å². The summed E-state index contributed by atoms with van der Waals surface area (Å²) in [5.41, 5.74) is 2.18. The summed E-state index contributed by atoms with van der Waals surface area (Å²) in [6.45, 7) is 12.1. The maximum Gasteiger partial charge on any atom is 0.191 e. The van der Waals surface area contributed by atoms with Crippen LogP contribution in [-0.2, 0) is 11.3 Å². The Morgan fingerprint density at radius 3 is 2.69 bits per heavy atom. The van der Waals surface area contributed by atoms with Crippen molar-refractivity contribution in [2.45, 2.75) is 33.4 Å². The van der Waals surface area contributed by atoms with E-state index < -0.39 is 0 Å². The number of thiophene rings is 1. The number of hydrogen-bond donors (Lipinski definition) is 2. The summed E-state index contributed by atoms with van der Waals surface area (Å²) < 4.78 is 5.55. The van der Waals surface area contributed by atoms with Crippen LogP contribution in [0.2, 0.25) is 0 Å². The van der Waals surface area contributed by atoms with Gasteiger partial charge in [0.05, 0.1) is 31.5 Å². The van der Waals surface area contributed by atoms with Crippen molar-refractivity contribution in [2.75, 3.05) is 39.4 Å². The minimum atomic E-state index is 0. The van der Waals surface area contributed by atoms with Crippen LogP contribution in [0.15, 0.2) is 35.5 Å². The smallest absolute Gasteiger partial charge is 0.191 e. The van der Waals surface area contributed by atoms with Gasteiger partial charge in [-0.05, 0) is 44.5 Å². The first kappa shape index (κ1) is 24.0. The van der Waals surface area contributed by atoms with E-state index in [0.717, 1.165) is 51.0 Å². The van der Waals surface area contributed by atoms with Crippen molar-refractivity contribution in [3.63, 3.8) is 0 Å². The number of nitrogens with one attached hydrogen (secondary N) is 2. The van der Waals surface area contributed by atoms with Gasteiger partial charge in [-0.3, -0.25) is 9.88 Å². The summed E-state index contributed by atoms with van der Waals surface area (Å²) in [5, 5.41) is 6.91. The molecule has 0 aromatic carbocycles. The molecule has 1 fully saturated rings. The van der Waals surface area contributed by atoms with E-state index in [0.29, 0.717) is 12.6 Å². The third-order valence-corrected chi connectivity index (χ3v) is 5.99. The van der Waals surface area contributed by atoms with Crippen molar-refractivity contribution >= 4 is 41.3 Å². The van der Waals surface area contributed by atoms with E-state index >= 15 is 0 Å². The average molecular weight is 529 g/mol. The first-order chi connectivity index (χ1) is 13.7. The topological polar surface area (TPSA) is 61.8 Å². The van der Waals surface area contributed by atoms with E-state index in [1.54, 1.807) is 0 Å². The SMILES string of the molecule is CCNC(=NCc1ncccc1C)NCC(c1ccc(C)s1)N1CCOCC1.I. The Morgan fingerprint density at radius 1 is 1.24 bits per heavy atom. The molecule has 1 unspecified atom stereocenters. The summed E-state index contributed by atoms with van der Waals surface area (Å²) in [6, 6.07) is 8.82. The third-order valence-electron chi connectivity index (χ3n) is 4.89. The lowest BCUT2D eigenvalue weighted by molar-refractivity contribution is 0.0177. The van der Waals surface area contributed by atoms with Crippen LogP contribution in [0.3, 0.4) is 0 Å². The molecule has 3 rings (SSSR count). The predicted octanol–water partition coefficient (Wildman–Crippen LogP) is 3.51. The lowest BCUT2D eigenvalue weighted by atomic mass is 10.2. The average Bonchev–Trinajstić information content (AvgIpc) is 3.14. The van der Waals surface area contributed by atoms with Crippen molar-refractivity contribution in [3.05, 3.63) is 51.5 Å². The van der Waals surface area contributed by atoms with Gasteiger partial charge < -0.3 is 15.4 Å². The summed E-state index contributed by atoms with van der Waals surface area (Å²) in [6.07, 6.45) is 1.83. The molecule has 2 aromatic heterocycles. The van der Waals surface area contributed by atoms with Gasteiger partial charge in [-0.15, -0.1) is 35.3 Å². The second-order valence-corrected chi connectivity index (χ2v) is 8.28. The van der Waals surface area contributed by atoms with Crippen LogP contribution in [0.5, 0.6) is 0 Å². The zero-order valence-corrected chi connectivity index (χ0v) is 20.6. The van der Waals surface area contributed by atoms with E-state index in [-0.39, 0.29) is 24.0 Å². The van der Waals surface area contributed by atoms with Crippen LogP contribution in [0, 0.1) is 13.8 Å². The van der Waals surface area contributed by atoms with Crippen LogP contribution in [0.25, 0.3) is 0 Å². The van der Waals surface area contributed by atoms with Crippen molar-refractivity contribution < 1.29 is 4.74 Å². The van der Waals surface area contributed by atoms with Gasteiger partial charge in [0.2, 0.25) is 0 Å². The largest absolute Gasteiger partial charge is 0.379 e. The first-order valence-electron chi connectivity index (χ1n) is 9.98. The highest BCUT2D eigenvalue weighted by atomic mass is 127. The van der Waals surface area contributed by atoms with Crippen molar-refractivity contribution in [2.24, 2.45) is 4.99 Å². The number of pyridine rings is 1. The van der Waals surface area contributed by atoms with E-state index in [1.165, 1.54) is 15.3 Å². The Hall–Kier alpha value is -1.23. The predicted molar refractivity (Wildman–Crippen MR) is 131 cm³/mol. The molecule has 0 aliphatic carbocycles. The van der Waals surface area contributed by atoms with E-state index in [4.69, 9.17) is 9.73 Å². The second kappa shape index (κ2) is 12.5. The molecule has 0 saturated carbocycles. The molecule has 1 aliphatic rings. The van der Waals surface area contributed by atoms with E-state index in [9.17, 15) is 0 Å². The highest BCUT2D eigenvalue weighted by Crippen LogP contribution is 2.27. The zero-order valence-electron chi connectivity index (χ0n) is 17.5. The molecule has 2 N–H and O–H groups in total. The Balaban J connectivity index is 0.00000300. The minimum absolute atomic E-state index is 0. The molecule has 29 heavy (non-hydrogen) atoms. The van der Waals surface area contributed by atoms with Gasteiger partial charge in [0.15, 0.2) is 5.96 Å². The number of ether oxygens (including phenoxy) is 1. The summed E-state index contributed by atoms with van der Waals surface area (Å²) in [4.78, 5) is 14.4. The minimum Gasteiger partial charge on any atom is -0.379 e. The summed E-state index contributed by atoms with van der Waals surface area (Å²) in [5.74, 6) is 0.832. The van der Waals surface area contributed by atoms with Gasteiger partial charge in [0.1, 0.15) is 0 Å². The molecule has 8 heteroatoms. The van der Waals surface area contributed by atoms with Gasteiger partial charge in [0.25, 0.3) is 0 Å². The number of morpholine rings is 1. The normalized spacial score (nSPS) is 16.2. The van der Waals surface area contributed by atoms with Crippen LogP contribution >= 0.6 is 35.3 Å². The highest BCUT2D eigenvalue weighted by Gasteiger charge is 2.24. The Kier molecular flexibility index (Phi) is 10.3. The number of hydrogen-bond acceptors (Lipinski definition) is 5. The molecule has 0 amide bonds. The van der Waals surface area contributed by atoms with Crippen LogP contribution in [0.4, 0.5) is 0 Å². The zero-order chi connectivity index (χ0) is 19.8. The number of aryl methyl sites for hydroxylation is 2. The number of rotatable bonds is 7. The van der Waals surface area contributed by atoms with E-state index in [1.807, 2.05) is 23.6 Å². The Bertz CT molecular complexity index is 776. The molecule has 2 aromatic rings. The fourth-order valence-electron chi connectivity index (χ4n) is 3.30. The molecule has 1 aliphatic heterocycles. The van der Waals surface area contributed by atoms with E-state index in [2.05, 4.69) is 59.5 Å². The number of aliphatic imine (C=N–C) groups is 1. The summed E-state index contributed by atoms with van der Waals surface area (Å²) >= 11 is 1.87. The van der Waals surface area contributed by atoms with Crippen molar-refractivity contribution in [1.29, 1.82) is 0 Å². The lowest BCUT2D eigenvalue weighted by Crippen LogP contribution is -2.46. The molecular formula is C21H32IN5OS. The number of aromatic nitrogens is 1.